The van der Waals surface area contributed by atoms with Crippen molar-refractivity contribution in [3.63, 3.8) is 0 Å². The molecule has 0 atom stereocenters. The van der Waals surface area contributed by atoms with Gasteiger partial charge in [0.15, 0.2) is 0 Å². The number of ether oxygens (including phenoxy) is 1. The molecule has 0 saturated carbocycles. The highest BCUT2D eigenvalue weighted by atomic mass is 16.5. The van der Waals surface area contributed by atoms with Gasteiger partial charge < -0.3 is 10.1 Å². The van der Waals surface area contributed by atoms with Crippen LogP contribution in [0.5, 0.6) is 5.75 Å². The smallest absolute Gasteiger partial charge is 0.121 e. The van der Waals surface area contributed by atoms with Crippen LogP contribution in [0.2, 0.25) is 0 Å². The molecule has 0 radical (unpaired) electrons. The normalized spacial score (nSPS) is 16.4. The molecule has 1 aliphatic heterocycles. The number of methoxy groups -OCH3 is 1. The van der Waals surface area contributed by atoms with E-state index < -0.39 is 0 Å². The molecule has 0 spiro atoms. The molecule has 1 fully saturated rings. The first-order valence-electron chi connectivity index (χ1n) is 5.14. The van der Waals surface area contributed by atoms with E-state index in [0.717, 1.165) is 11.7 Å². The lowest BCUT2D eigenvalue weighted by Gasteiger charge is -2.27. The van der Waals surface area contributed by atoms with Crippen molar-refractivity contribution in [1.82, 2.24) is 5.32 Å². The lowest BCUT2D eigenvalue weighted by atomic mass is 9.93. The van der Waals surface area contributed by atoms with Crippen molar-refractivity contribution >= 4 is 0 Å². The first kappa shape index (κ1) is 9.53. The van der Waals surface area contributed by atoms with E-state index in [2.05, 4.69) is 30.4 Å². The third kappa shape index (κ3) is 1.90. The van der Waals surface area contributed by atoms with Gasteiger partial charge in [0.2, 0.25) is 0 Å². The summed E-state index contributed by atoms with van der Waals surface area (Å²) in [6.45, 7) is 4.44. The molecule has 1 heterocycles. The molecule has 14 heavy (non-hydrogen) atoms. The Morgan fingerprint density at radius 2 is 2.21 bits per heavy atom. The molecule has 1 aliphatic rings. The van der Waals surface area contributed by atoms with E-state index >= 15 is 0 Å². The summed E-state index contributed by atoms with van der Waals surface area (Å²) in [5.41, 5.74) is 2.66. The first-order chi connectivity index (χ1) is 6.79. The fourth-order valence-electron chi connectivity index (χ4n) is 1.89. The summed E-state index contributed by atoms with van der Waals surface area (Å²) in [4.78, 5) is 0. The standard InChI is InChI=1S/C12H17NO/c1-9-5-10(3-4-12(9)14-2)6-11-7-13-8-11/h3-5,11,13H,6-8H2,1-2H3. The minimum absolute atomic E-state index is 0.836. The summed E-state index contributed by atoms with van der Waals surface area (Å²) >= 11 is 0. The van der Waals surface area contributed by atoms with Gasteiger partial charge in [-0.1, -0.05) is 12.1 Å². The van der Waals surface area contributed by atoms with Crippen molar-refractivity contribution in [2.45, 2.75) is 13.3 Å². The van der Waals surface area contributed by atoms with E-state index in [1.54, 1.807) is 7.11 Å². The Morgan fingerprint density at radius 3 is 2.71 bits per heavy atom. The van der Waals surface area contributed by atoms with E-state index in [9.17, 15) is 0 Å². The number of rotatable bonds is 3. The molecular formula is C12H17NO. The molecule has 1 saturated heterocycles. The highest BCUT2D eigenvalue weighted by Crippen LogP contribution is 2.21. The Hall–Kier alpha value is -1.02. The SMILES string of the molecule is COc1ccc(CC2CNC2)cc1C. The van der Waals surface area contributed by atoms with Crippen LogP contribution in [0.15, 0.2) is 18.2 Å². The Balaban J connectivity index is 2.07. The quantitative estimate of drug-likeness (QED) is 0.786. The van der Waals surface area contributed by atoms with Crippen LogP contribution in [0.3, 0.4) is 0 Å². The summed E-state index contributed by atoms with van der Waals surface area (Å²) < 4.78 is 5.23. The zero-order chi connectivity index (χ0) is 9.97. The van der Waals surface area contributed by atoms with Crippen LogP contribution < -0.4 is 10.1 Å². The molecule has 0 bridgehead atoms. The van der Waals surface area contributed by atoms with Crippen LogP contribution >= 0.6 is 0 Å². The Bertz CT molecular complexity index is 318. The second-order valence-corrected chi connectivity index (χ2v) is 4.03. The van der Waals surface area contributed by atoms with Crippen molar-refractivity contribution in [1.29, 1.82) is 0 Å². The number of nitrogens with one attached hydrogen (secondary N) is 1. The fraction of sp³-hybridized carbons (Fsp3) is 0.500. The first-order valence-corrected chi connectivity index (χ1v) is 5.14. The average Bonchev–Trinajstić information content (AvgIpc) is 2.12. The van der Waals surface area contributed by atoms with Gasteiger partial charge in [0.1, 0.15) is 5.75 Å². The molecular weight excluding hydrogens is 174 g/mol. The van der Waals surface area contributed by atoms with E-state index in [0.29, 0.717) is 0 Å². The second-order valence-electron chi connectivity index (χ2n) is 4.03. The number of benzene rings is 1. The van der Waals surface area contributed by atoms with E-state index in [1.807, 2.05) is 0 Å². The minimum atomic E-state index is 0.836. The molecule has 1 N–H and O–H groups in total. The van der Waals surface area contributed by atoms with E-state index in [-0.39, 0.29) is 0 Å². The zero-order valence-electron chi connectivity index (χ0n) is 8.84. The topological polar surface area (TPSA) is 21.3 Å². The average molecular weight is 191 g/mol. The van der Waals surface area contributed by atoms with Crippen molar-refractivity contribution < 1.29 is 4.74 Å². The van der Waals surface area contributed by atoms with Crippen LogP contribution in [0.25, 0.3) is 0 Å². The van der Waals surface area contributed by atoms with Crippen LogP contribution in [0.1, 0.15) is 11.1 Å². The molecule has 1 aromatic rings. The summed E-state index contributed by atoms with van der Waals surface area (Å²) in [7, 11) is 1.72. The largest absolute Gasteiger partial charge is 0.496 e. The predicted molar refractivity (Wildman–Crippen MR) is 57.8 cm³/mol. The van der Waals surface area contributed by atoms with Crippen molar-refractivity contribution in [3.05, 3.63) is 29.3 Å². The lowest BCUT2D eigenvalue weighted by Crippen LogP contribution is -2.43. The zero-order valence-corrected chi connectivity index (χ0v) is 8.84. The van der Waals surface area contributed by atoms with Gasteiger partial charge in [-0.25, -0.2) is 0 Å². The molecule has 2 heteroatoms. The molecule has 0 aromatic heterocycles. The fourth-order valence-corrected chi connectivity index (χ4v) is 1.89. The monoisotopic (exact) mass is 191 g/mol. The van der Waals surface area contributed by atoms with Gasteiger partial charge in [-0.3, -0.25) is 0 Å². The van der Waals surface area contributed by atoms with Crippen molar-refractivity contribution in [3.8, 4) is 5.75 Å². The molecule has 2 nitrogen and oxygen atoms in total. The third-order valence-electron chi connectivity index (χ3n) is 2.85. The van der Waals surface area contributed by atoms with Crippen LogP contribution in [-0.4, -0.2) is 20.2 Å². The van der Waals surface area contributed by atoms with Gasteiger partial charge >= 0.3 is 0 Å². The molecule has 1 aromatic carbocycles. The van der Waals surface area contributed by atoms with E-state index in [1.165, 1.54) is 30.6 Å². The van der Waals surface area contributed by atoms with E-state index in [4.69, 9.17) is 4.74 Å². The molecule has 0 aliphatic carbocycles. The summed E-state index contributed by atoms with van der Waals surface area (Å²) in [5.74, 6) is 1.82. The molecule has 0 amide bonds. The maximum atomic E-state index is 5.23. The Labute approximate surface area is 85.3 Å². The molecule has 2 rings (SSSR count). The highest BCUT2D eigenvalue weighted by molar-refractivity contribution is 5.36. The van der Waals surface area contributed by atoms with Gasteiger partial charge in [-0.15, -0.1) is 0 Å². The lowest BCUT2D eigenvalue weighted by molar-refractivity contribution is 0.346. The summed E-state index contributed by atoms with van der Waals surface area (Å²) in [6.07, 6.45) is 1.19. The van der Waals surface area contributed by atoms with Gasteiger partial charge in [-0.2, -0.15) is 0 Å². The van der Waals surface area contributed by atoms with Crippen LogP contribution in [0.4, 0.5) is 0 Å². The van der Waals surface area contributed by atoms with Crippen LogP contribution in [0, 0.1) is 12.8 Å². The second kappa shape index (κ2) is 4.01. The number of aryl methyl sites for hydroxylation is 1. The Morgan fingerprint density at radius 1 is 1.43 bits per heavy atom. The number of hydrogen-bond acceptors (Lipinski definition) is 2. The summed E-state index contributed by atoms with van der Waals surface area (Å²) in [5, 5.41) is 3.29. The summed E-state index contributed by atoms with van der Waals surface area (Å²) in [6, 6.07) is 6.47. The molecule has 0 unspecified atom stereocenters. The van der Waals surface area contributed by atoms with Gasteiger partial charge in [0, 0.05) is 0 Å². The van der Waals surface area contributed by atoms with Gasteiger partial charge in [0.05, 0.1) is 7.11 Å². The van der Waals surface area contributed by atoms with Gasteiger partial charge in [0.25, 0.3) is 0 Å². The van der Waals surface area contributed by atoms with Crippen LogP contribution in [-0.2, 0) is 6.42 Å². The Kier molecular flexibility index (Phi) is 2.73. The maximum Gasteiger partial charge on any atom is 0.121 e. The molecule has 76 valence electrons. The highest BCUT2D eigenvalue weighted by Gasteiger charge is 2.16. The van der Waals surface area contributed by atoms with Gasteiger partial charge in [-0.05, 0) is 49.5 Å². The third-order valence-corrected chi connectivity index (χ3v) is 2.85. The van der Waals surface area contributed by atoms with Crippen molar-refractivity contribution in [2.75, 3.05) is 20.2 Å². The minimum Gasteiger partial charge on any atom is -0.496 e. The maximum absolute atomic E-state index is 5.23. The number of hydrogen-bond donors (Lipinski definition) is 1. The predicted octanol–water partition coefficient (Wildman–Crippen LogP) is 1.77. The van der Waals surface area contributed by atoms with Crippen molar-refractivity contribution in [2.24, 2.45) is 5.92 Å².